The SMILES string of the molecule is Brc1ccc(-c2nnc(CO/N=C/c3ccccc3)o2)cc1. The van der Waals surface area contributed by atoms with Crippen LogP contribution in [0.1, 0.15) is 11.5 Å². The molecule has 0 saturated heterocycles. The van der Waals surface area contributed by atoms with E-state index in [1.54, 1.807) is 6.21 Å². The van der Waals surface area contributed by atoms with Crippen LogP contribution in [0.15, 0.2) is 68.6 Å². The van der Waals surface area contributed by atoms with E-state index in [4.69, 9.17) is 9.25 Å². The van der Waals surface area contributed by atoms with E-state index in [1.165, 1.54) is 0 Å². The minimum Gasteiger partial charge on any atom is -0.417 e. The largest absolute Gasteiger partial charge is 0.417 e. The Morgan fingerprint density at radius 2 is 1.82 bits per heavy atom. The van der Waals surface area contributed by atoms with Crippen LogP contribution in [0.5, 0.6) is 0 Å². The summed E-state index contributed by atoms with van der Waals surface area (Å²) >= 11 is 3.38. The Morgan fingerprint density at radius 3 is 2.59 bits per heavy atom. The van der Waals surface area contributed by atoms with Gasteiger partial charge in [0.2, 0.25) is 5.89 Å². The van der Waals surface area contributed by atoms with E-state index >= 15 is 0 Å². The normalized spacial score (nSPS) is 11.0. The summed E-state index contributed by atoms with van der Waals surface area (Å²) in [5, 5.41) is 11.8. The van der Waals surface area contributed by atoms with Crippen molar-refractivity contribution in [2.24, 2.45) is 5.16 Å². The van der Waals surface area contributed by atoms with Crippen molar-refractivity contribution in [3.8, 4) is 11.5 Å². The summed E-state index contributed by atoms with van der Waals surface area (Å²) in [6, 6.07) is 17.3. The van der Waals surface area contributed by atoms with Gasteiger partial charge in [0.1, 0.15) is 0 Å². The van der Waals surface area contributed by atoms with Crippen LogP contribution in [-0.2, 0) is 11.4 Å². The minimum absolute atomic E-state index is 0.132. The molecule has 0 amide bonds. The lowest BCUT2D eigenvalue weighted by atomic mass is 10.2. The zero-order valence-corrected chi connectivity index (χ0v) is 13.1. The third-order valence-corrected chi connectivity index (χ3v) is 3.35. The van der Waals surface area contributed by atoms with Gasteiger partial charge in [-0.3, -0.25) is 0 Å². The minimum atomic E-state index is 0.132. The number of hydrogen-bond donors (Lipinski definition) is 0. The number of benzene rings is 2. The third-order valence-electron chi connectivity index (χ3n) is 2.82. The van der Waals surface area contributed by atoms with Gasteiger partial charge in [0.05, 0.1) is 6.21 Å². The predicted octanol–water partition coefficient (Wildman–Crippen LogP) is 4.05. The van der Waals surface area contributed by atoms with Gasteiger partial charge < -0.3 is 9.25 Å². The monoisotopic (exact) mass is 357 g/mol. The quantitative estimate of drug-likeness (QED) is 0.510. The first kappa shape index (κ1) is 14.5. The van der Waals surface area contributed by atoms with Crippen molar-refractivity contribution in [2.75, 3.05) is 0 Å². The summed E-state index contributed by atoms with van der Waals surface area (Å²) in [5.41, 5.74) is 1.82. The lowest BCUT2D eigenvalue weighted by molar-refractivity contribution is 0.112. The summed E-state index contributed by atoms with van der Waals surface area (Å²) in [6.07, 6.45) is 1.63. The molecule has 0 saturated carbocycles. The molecule has 0 fully saturated rings. The topological polar surface area (TPSA) is 60.5 Å². The lowest BCUT2D eigenvalue weighted by Gasteiger charge is -1.95. The first-order valence-electron chi connectivity index (χ1n) is 6.60. The number of hydrogen-bond acceptors (Lipinski definition) is 5. The molecule has 0 radical (unpaired) electrons. The van der Waals surface area contributed by atoms with E-state index in [9.17, 15) is 0 Å². The fraction of sp³-hybridized carbons (Fsp3) is 0.0625. The first-order valence-corrected chi connectivity index (χ1v) is 7.39. The molecule has 3 rings (SSSR count). The highest BCUT2D eigenvalue weighted by atomic mass is 79.9. The average molecular weight is 358 g/mol. The zero-order chi connectivity index (χ0) is 15.2. The first-order chi connectivity index (χ1) is 10.8. The Morgan fingerprint density at radius 1 is 1.05 bits per heavy atom. The number of halogens is 1. The number of aromatic nitrogens is 2. The van der Waals surface area contributed by atoms with Gasteiger partial charge in [0.15, 0.2) is 6.61 Å². The van der Waals surface area contributed by atoms with Crippen LogP contribution in [0.25, 0.3) is 11.5 Å². The molecule has 0 aliphatic heterocycles. The van der Waals surface area contributed by atoms with Gasteiger partial charge in [0.25, 0.3) is 5.89 Å². The van der Waals surface area contributed by atoms with Crippen molar-refractivity contribution in [3.05, 3.63) is 70.5 Å². The van der Waals surface area contributed by atoms with Gasteiger partial charge in [-0.15, -0.1) is 10.2 Å². The van der Waals surface area contributed by atoms with E-state index in [1.807, 2.05) is 54.6 Å². The van der Waals surface area contributed by atoms with Gasteiger partial charge >= 0.3 is 0 Å². The van der Waals surface area contributed by atoms with Crippen molar-refractivity contribution in [3.63, 3.8) is 0 Å². The number of nitrogens with zero attached hydrogens (tertiary/aromatic N) is 3. The fourth-order valence-electron chi connectivity index (χ4n) is 1.75. The molecule has 0 N–H and O–H groups in total. The van der Waals surface area contributed by atoms with Gasteiger partial charge in [-0.25, -0.2) is 0 Å². The van der Waals surface area contributed by atoms with Crippen molar-refractivity contribution in [1.82, 2.24) is 10.2 Å². The van der Waals surface area contributed by atoms with Crippen molar-refractivity contribution < 1.29 is 9.25 Å². The highest BCUT2D eigenvalue weighted by molar-refractivity contribution is 9.10. The molecule has 0 spiro atoms. The Balaban J connectivity index is 1.58. The van der Waals surface area contributed by atoms with Gasteiger partial charge in [-0.2, -0.15) is 0 Å². The third kappa shape index (κ3) is 3.79. The molecule has 2 aromatic carbocycles. The molecule has 1 aromatic heterocycles. The summed E-state index contributed by atoms with van der Waals surface area (Å²) in [4.78, 5) is 5.16. The highest BCUT2D eigenvalue weighted by Gasteiger charge is 2.08. The maximum absolute atomic E-state index is 5.53. The van der Waals surface area contributed by atoms with Crippen LogP contribution in [-0.4, -0.2) is 16.4 Å². The smallest absolute Gasteiger partial charge is 0.257 e. The fourth-order valence-corrected chi connectivity index (χ4v) is 2.02. The number of rotatable bonds is 5. The Kier molecular flexibility index (Phi) is 4.60. The van der Waals surface area contributed by atoms with Gasteiger partial charge in [-0.1, -0.05) is 51.4 Å². The van der Waals surface area contributed by atoms with Crippen LogP contribution < -0.4 is 0 Å². The molecular formula is C16H12BrN3O2. The van der Waals surface area contributed by atoms with Crippen LogP contribution in [0.2, 0.25) is 0 Å². The molecule has 22 heavy (non-hydrogen) atoms. The van der Waals surface area contributed by atoms with E-state index in [-0.39, 0.29) is 6.61 Å². The maximum Gasteiger partial charge on any atom is 0.257 e. The highest BCUT2D eigenvalue weighted by Crippen LogP contribution is 2.20. The lowest BCUT2D eigenvalue weighted by Crippen LogP contribution is -1.88. The number of oxime groups is 1. The van der Waals surface area contributed by atoms with Crippen LogP contribution in [0.3, 0.4) is 0 Å². The summed E-state index contributed by atoms with van der Waals surface area (Å²) in [6.45, 7) is 0.132. The predicted molar refractivity (Wildman–Crippen MR) is 86.3 cm³/mol. The second-order valence-corrected chi connectivity index (χ2v) is 5.34. The van der Waals surface area contributed by atoms with Crippen molar-refractivity contribution in [1.29, 1.82) is 0 Å². The molecule has 110 valence electrons. The van der Waals surface area contributed by atoms with Crippen LogP contribution in [0.4, 0.5) is 0 Å². The maximum atomic E-state index is 5.53. The molecule has 0 atom stereocenters. The molecule has 0 aliphatic carbocycles. The molecule has 6 heteroatoms. The van der Waals surface area contributed by atoms with E-state index in [2.05, 4.69) is 31.3 Å². The molecule has 5 nitrogen and oxygen atoms in total. The Hall–Kier alpha value is -2.47. The van der Waals surface area contributed by atoms with Crippen molar-refractivity contribution >= 4 is 22.1 Å². The zero-order valence-electron chi connectivity index (χ0n) is 11.5. The van der Waals surface area contributed by atoms with Crippen LogP contribution in [0, 0.1) is 0 Å². The van der Waals surface area contributed by atoms with Gasteiger partial charge in [0, 0.05) is 10.0 Å². The van der Waals surface area contributed by atoms with E-state index in [0.717, 1.165) is 15.6 Å². The Bertz CT molecular complexity index is 755. The molecular weight excluding hydrogens is 346 g/mol. The van der Waals surface area contributed by atoms with E-state index < -0.39 is 0 Å². The molecule has 0 unspecified atom stereocenters. The van der Waals surface area contributed by atoms with Crippen molar-refractivity contribution in [2.45, 2.75) is 6.61 Å². The van der Waals surface area contributed by atoms with Crippen LogP contribution >= 0.6 is 15.9 Å². The standard InChI is InChI=1S/C16H12BrN3O2/c17-14-8-6-13(7-9-14)16-20-19-15(22-16)11-21-18-10-12-4-2-1-3-5-12/h1-10H,11H2/b18-10+. The second-order valence-electron chi connectivity index (χ2n) is 4.43. The summed E-state index contributed by atoms with van der Waals surface area (Å²) in [7, 11) is 0. The molecule has 1 heterocycles. The van der Waals surface area contributed by atoms with Gasteiger partial charge in [-0.05, 0) is 29.8 Å². The van der Waals surface area contributed by atoms with E-state index in [0.29, 0.717) is 11.8 Å². The molecule has 3 aromatic rings. The second kappa shape index (κ2) is 7.00. The Labute approximate surface area is 135 Å². The summed E-state index contributed by atoms with van der Waals surface area (Å²) in [5.74, 6) is 0.835. The summed E-state index contributed by atoms with van der Waals surface area (Å²) < 4.78 is 6.52. The molecule has 0 bridgehead atoms. The molecule has 0 aliphatic rings. The average Bonchev–Trinajstić information content (AvgIpc) is 3.02.